The highest BCUT2D eigenvalue weighted by atomic mass is 16.3. The fraction of sp³-hybridized carbons (Fsp3) is 0.421. The molecule has 1 aromatic carbocycles. The minimum absolute atomic E-state index is 0.224. The number of carbonyl (C=O) groups excluding carboxylic acids is 2. The number of likely N-dealkylation sites (tertiary alicyclic amines) is 1. The molecule has 1 saturated heterocycles. The van der Waals surface area contributed by atoms with Crippen LogP contribution in [0.15, 0.2) is 36.4 Å². The average molecular weight is 341 g/mol. The van der Waals surface area contributed by atoms with Crippen molar-refractivity contribution in [3.8, 4) is 0 Å². The van der Waals surface area contributed by atoms with E-state index in [0.29, 0.717) is 13.1 Å². The van der Waals surface area contributed by atoms with E-state index in [-0.39, 0.29) is 11.6 Å². The molecule has 6 nitrogen and oxygen atoms in total. The van der Waals surface area contributed by atoms with E-state index in [1.807, 2.05) is 30.3 Å². The van der Waals surface area contributed by atoms with Gasteiger partial charge in [0, 0.05) is 18.5 Å². The summed E-state index contributed by atoms with van der Waals surface area (Å²) in [6.07, 6.45) is 4.15. The van der Waals surface area contributed by atoms with E-state index >= 15 is 0 Å². The van der Waals surface area contributed by atoms with E-state index in [1.54, 1.807) is 11.0 Å². The van der Waals surface area contributed by atoms with Crippen molar-refractivity contribution in [1.82, 2.24) is 15.2 Å². The minimum Gasteiger partial charge on any atom is -0.394 e. The predicted octanol–water partition coefficient (Wildman–Crippen LogP) is 1.73. The molecule has 3 rings (SSSR count). The molecule has 2 aromatic rings. The molecular weight excluding hydrogens is 318 g/mol. The summed E-state index contributed by atoms with van der Waals surface area (Å²) < 4.78 is 0. The Morgan fingerprint density at radius 3 is 2.52 bits per heavy atom. The van der Waals surface area contributed by atoms with Crippen LogP contribution in [0.4, 0.5) is 0 Å². The molecule has 0 bridgehead atoms. The third-order valence-electron chi connectivity index (χ3n) is 4.53. The highest BCUT2D eigenvalue weighted by Crippen LogP contribution is 2.13. The summed E-state index contributed by atoms with van der Waals surface area (Å²) in [6, 6.07) is 10.0. The molecule has 0 saturated carbocycles. The Hall–Kier alpha value is -2.47. The standard InChI is InChI=1S/C19H23N3O3/c23-13-17(19(25)22-11-5-1-2-6-12-22)21-18(24)16-10-9-14-7-3-4-8-15(14)20-16/h3-4,7-10,17,23H,1-2,5-6,11-13H2,(H,21,24). The maximum absolute atomic E-state index is 12.6. The molecule has 2 amide bonds. The molecule has 0 radical (unpaired) electrons. The van der Waals surface area contributed by atoms with E-state index < -0.39 is 18.6 Å². The van der Waals surface area contributed by atoms with Crippen molar-refractivity contribution in [2.24, 2.45) is 0 Å². The van der Waals surface area contributed by atoms with Gasteiger partial charge in [-0.15, -0.1) is 0 Å². The van der Waals surface area contributed by atoms with Gasteiger partial charge in [0.1, 0.15) is 11.7 Å². The molecule has 6 heteroatoms. The van der Waals surface area contributed by atoms with Crippen molar-refractivity contribution >= 4 is 22.7 Å². The van der Waals surface area contributed by atoms with Crippen LogP contribution < -0.4 is 5.32 Å². The molecule has 25 heavy (non-hydrogen) atoms. The maximum atomic E-state index is 12.6. The van der Waals surface area contributed by atoms with E-state index in [1.165, 1.54) is 0 Å². The zero-order valence-corrected chi connectivity index (χ0v) is 14.1. The monoisotopic (exact) mass is 341 g/mol. The first-order valence-electron chi connectivity index (χ1n) is 8.75. The average Bonchev–Trinajstić information content (AvgIpc) is 2.94. The van der Waals surface area contributed by atoms with Crippen LogP contribution in [-0.4, -0.2) is 52.5 Å². The smallest absolute Gasteiger partial charge is 0.270 e. The lowest BCUT2D eigenvalue weighted by Gasteiger charge is -2.25. The summed E-state index contributed by atoms with van der Waals surface area (Å²) in [4.78, 5) is 31.1. The van der Waals surface area contributed by atoms with Gasteiger partial charge in [0.2, 0.25) is 5.91 Å². The number of carbonyl (C=O) groups is 2. The number of aliphatic hydroxyl groups excluding tert-OH is 1. The number of fused-ring (bicyclic) bond motifs is 1. The van der Waals surface area contributed by atoms with E-state index in [0.717, 1.165) is 36.6 Å². The number of hydrogen-bond donors (Lipinski definition) is 2. The summed E-state index contributed by atoms with van der Waals surface area (Å²) in [5.74, 6) is -0.675. The summed E-state index contributed by atoms with van der Waals surface area (Å²) in [6.45, 7) is 0.938. The highest BCUT2D eigenvalue weighted by molar-refractivity contribution is 5.97. The number of nitrogens with one attached hydrogen (secondary N) is 1. The summed E-state index contributed by atoms with van der Waals surface area (Å²) >= 11 is 0. The Morgan fingerprint density at radius 2 is 1.80 bits per heavy atom. The summed E-state index contributed by atoms with van der Waals surface area (Å²) in [5.41, 5.74) is 0.954. The van der Waals surface area contributed by atoms with Crippen molar-refractivity contribution in [3.05, 3.63) is 42.1 Å². The van der Waals surface area contributed by atoms with Gasteiger partial charge in [0.25, 0.3) is 5.91 Å². The highest BCUT2D eigenvalue weighted by Gasteiger charge is 2.26. The Morgan fingerprint density at radius 1 is 1.08 bits per heavy atom. The number of para-hydroxylation sites is 1. The zero-order chi connectivity index (χ0) is 17.6. The van der Waals surface area contributed by atoms with Crippen LogP contribution in [0.2, 0.25) is 0 Å². The Balaban J connectivity index is 1.71. The lowest BCUT2D eigenvalue weighted by Crippen LogP contribution is -2.50. The van der Waals surface area contributed by atoms with E-state index in [9.17, 15) is 14.7 Å². The van der Waals surface area contributed by atoms with Crippen LogP contribution in [-0.2, 0) is 4.79 Å². The van der Waals surface area contributed by atoms with Crippen molar-refractivity contribution in [3.63, 3.8) is 0 Å². The van der Waals surface area contributed by atoms with Crippen LogP contribution in [0.1, 0.15) is 36.2 Å². The Labute approximate surface area is 146 Å². The number of aromatic nitrogens is 1. The van der Waals surface area contributed by atoms with Crippen LogP contribution in [0.3, 0.4) is 0 Å². The number of hydrogen-bond acceptors (Lipinski definition) is 4. The van der Waals surface area contributed by atoms with Crippen LogP contribution in [0.5, 0.6) is 0 Å². The van der Waals surface area contributed by atoms with Gasteiger partial charge in [-0.25, -0.2) is 4.98 Å². The molecule has 0 aliphatic carbocycles. The second-order valence-corrected chi connectivity index (χ2v) is 6.34. The van der Waals surface area contributed by atoms with Crippen molar-refractivity contribution in [2.45, 2.75) is 31.7 Å². The SMILES string of the molecule is O=C(NC(CO)C(=O)N1CCCCCC1)c1ccc2ccccc2n1. The molecule has 1 aliphatic rings. The second kappa shape index (κ2) is 8.07. The quantitative estimate of drug-likeness (QED) is 0.887. The number of amides is 2. The van der Waals surface area contributed by atoms with E-state index in [2.05, 4.69) is 10.3 Å². The number of rotatable bonds is 4. The van der Waals surface area contributed by atoms with Crippen LogP contribution in [0, 0.1) is 0 Å². The molecule has 1 aliphatic heterocycles. The first-order valence-corrected chi connectivity index (χ1v) is 8.75. The lowest BCUT2D eigenvalue weighted by molar-refractivity contribution is -0.134. The molecule has 1 atom stereocenters. The number of aliphatic hydroxyl groups is 1. The van der Waals surface area contributed by atoms with Gasteiger partial charge >= 0.3 is 0 Å². The normalized spacial score (nSPS) is 16.3. The van der Waals surface area contributed by atoms with Gasteiger partial charge in [-0.05, 0) is 25.0 Å². The van der Waals surface area contributed by atoms with Crippen molar-refractivity contribution in [2.75, 3.05) is 19.7 Å². The lowest BCUT2D eigenvalue weighted by atomic mass is 10.2. The molecule has 1 fully saturated rings. The third-order valence-corrected chi connectivity index (χ3v) is 4.53. The molecule has 2 heterocycles. The molecular formula is C19H23N3O3. The van der Waals surface area contributed by atoms with Gasteiger partial charge in [-0.2, -0.15) is 0 Å². The molecule has 1 aromatic heterocycles. The number of pyridine rings is 1. The van der Waals surface area contributed by atoms with Crippen molar-refractivity contribution in [1.29, 1.82) is 0 Å². The van der Waals surface area contributed by atoms with Crippen LogP contribution in [0.25, 0.3) is 10.9 Å². The molecule has 1 unspecified atom stereocenters. The Bertz CT molecular complexity index is 754. The molecule has 0 spiro atoms. The van der Waals surface area contributed by atoms with Gasteiger partial charge < -0.3 is 15.3 Å². The first-order chi connectivity index (χ1) is 12.2. The van der Waals surface area contributed by atoms with E-state index in [4.69, 9.17) is 0 Å². The first kappa shape index (κ1) is 17.4. The molecule has 132 valence electrons. The largest absolute Gasteiger partial charge is 0.394 e. The van der Waals surface area contributed by atoms with Gasteiger partial charge in [0.15, 0.2) is 0 Å². The number of benzene rings is 1. The van der Waals surface area contributed by atoms with Gasteiger partial charge in [-0.3, -0.25) is 9.59 Å². The predicted molar refractivity (Wildman–Crippen MR) is 95.1 cm³/mol. The fourth-order valence-electron chi connectivity index (χ4n) is 3.12. The molecule has 2 N–H and O–H groups in total. The Kier molecular flexibility index (Phi) is 5.60. The summed E-state index contributed by atoms with van der Waals surface area (Å²) in [5, 5.41) is 13.1. The fourth-order valence-corrected chi connectivity index (χ4v) is 3.12. The van der Waals surface area contributed by atoms with Gasteiger partial charge in [0.05, 0.1) is 12.1 Å². The zero-order valence-electron chi connectivity index (χ0n) is 14.1. The second-order valence-electron chi connectivity index (χ2n) is 6.34. The number of nitrogens with zero attached hydrogens (tertiary/aromatic N) is 2. The summed E-state index contributed by atoms with van der Waals surface area (Å²) in [7, 11) is 0. The van der Waals surface area contributed by atoms with Crippen LogP contribution >= 0.6 is 0 Å². The van der Waals surface area contributed by atoms with Crippen molar-refractivity contribution < 1.29 is 14.7 Å². The minimum atomic E-state index is -0.932. The topological polar surface area (TPSA) is 82.5 Å². The van der Waals surface area contributed by atoms with Gasteiger partial charge in [-0.1, -0.05) is 37.1 Å². The maximum Gasteiger partial charge on any atom is 0.270 e. The third kappa shape index (κ3) is 4.14.